The van der Waals surface area contributed by atoms with Gasteiger partial charge in [-0.15, -0.1) is 0 Å². The number of aryl methyl sites for hydroxylation is 1. The zero-order chi connectivity index (χ0) is 44.4. The molecule has 1 aromatic carbocycles. The molecule has 0 radical (unpaired) electrons. The summed E-state index contributed by atoms with van der Waals surface area (Å²) in [7, 11) is 0. The van der Waals surface area contributed by atoms with Crippen molar-refractivity contribution in [2.75, 3.05) is 4.90 Å². The smallest absolute Gasteiger partial charge is 0.696 e. The van der Waals surface area contributed by atoms with E-state index in [0.717, 1.165) is 23.7 Å². The second kappa shape index (κ2) is 29.0. The summed E-state index contributed by atoms with van der Waals surface area (Å²) in [4.78, 5) is 40.5. The van der Waals surface area contributed by atoms with Crippen molar-refractivity contribution < 1.29 is 38.5 Å². The standard InChI is InChI=1S/C33H47N3.C12H8N2O4.2CHNS.Ru/c1-8-9-10-11-12-13-14-15-26-16-18-29(19-17-26)36(30-24-27(20-22-34-30)32(2,3)4)31-25-28(21-23-35-31)33(5,6)7;15-7-17-9-1-3-13-11(5-9)12-6-10(18-8-16)2-4-14-12;2*2-1-3;/h16-25H,8-15H2,1-7H3;1-8H;2*3H;/q;;;;+2/p-2. The molecule has 0 saturated carbocycles. The number of carbonyl (C=O) groups is 2. The van der Waals surface area contributed by atoms with Crippen molar-refractivity contribution >= 4 is 55.5 Å². The molecule has 4 aromatic heterocycles. The van der Waals surface area contributed by atoms with Crippen LogP contribution in [0.3, 0.4) is 0 Å². The fraction of sp³-hybridized carbons (Fsp3) is 0.362. The van der Waals surface area contributed by atoms with Crippen molar-refractivity contribution in [1.29, 1.82) is 10.5 Å². The Morgan fingerprint density at radius 3 is 1.39 bits per heavy atom. The van der Waals surface area contributed by atoms with E-state index in [1.807, 2.05) is 12.4 Å². The number of anilines is 3. The molecule has 0 N–H and O–H groups in total. The molecule has 0 amide bonds. The summed E-state index contributed by atoms with van der Waals surface area (Å²) in [5.41, 5.74) is 6.13. The number of thiocyanates is 2. The van der Waals surface area contributed by atoms with Gasteiger partial charge in [-0.2, -0.15) is 0 Å². The minimum absolute atomic E-state index is 0. The van der Waals surface area contributed by atoms with Crippen LogP contribution in [0.1, 0.15) is 110 Å². The van der Waals surface area contributed by atoms with Gasteiger partial charge in [0.15, 0.2) is 0 Å². The summed E-state index contributed by atoms with van der Waals surface area (Å²) in [6.07, 6.45) is 17.4. The van der Waals surface area contributed by atoms with Crippen LogP contribution in [0.15, 0.2) is 97.6 Å². The van der Waals surface area contributed by atoms with Crippen LogP contribution < -0.4 is 14.4 Å². The Hall–Kier alpha value is -5.40. The zero-order valence-electron chi connectivity index (χ0n) is 36.0. The van der Waals surface area contributed by atoms with E-state index in [0.29, 0.717) is 35.8 Å². The molecular weight excluding hydrogens is 892 g/mol. The first-order valence-electron chi connectivity index (χ1n) is 19.7. The fourth-order valence-electron chi connectivity index (χ4n) is 5.85. The van der Waals surface area contributed by atoms with Crippen LogP contribution in [0.5, 0.6) is 11.5 Å². The Kier molecular flexibility index (Phi) is 25.5. The van der Waals surface area contributed by atoms with Gasteiger partial charge in [-0.3, -0.25) is 24.5 Å². The number of hydrogen-bond acceptors (Lipinski definition) is 13. The van der Waals surface area contributed by atoms with E-state index in [1.54, 1.807) is 24.3 Å². The summed E-state index contributed by atoms with van der Waals surface area (Å²) in [6, 6.07) is 23.9. The molecule has 14 heteroatoms. The summed E-state index contributed by atoms with van der Waals surface area (Å²) in [5, 5.41) is 16.9. The number of rotatable bonds is 16. The van der Waals surface area contributed by atoms with Crippen LogP contribution in [0.2, 0.25) is 0 Å². The van der Waals surface area contributed by atoms with Gasteiger partial charge in [-0.25, -0.2) is 20.5 Å². The number of unbranched alkanes of at least 4 members (excludes halogenated alkanes) is 6. The van der Waals surface area contributed by atoms with Gasteiger partial charge < -0.3 is 34.7 Å². The van der Waals surface area contributed by atoms with Gasteiger partial charge in [0, 0.05) is 42.6 Å². The average molecular weight is 947 g/mol. The molecule has 0 atom stereocenters. The topological polar surface area (TPSA) is 155 Å². The first-order chi connectivity index (χ1) is 28.8. The molecular formula is C47H55N7O4RuS2. The van der Waals surface area contributed by atoms with Gasteiger partial charge in [-0.05, 0) is 88.9 Å². The quantitative estimate of drug-likeness (QED) is 0.0303. The summed E-state index contributed by atoms with van der Waals surface area (Å²) < 4.78 is 9.42. The van der Waals surface area contributed by atoms with E-state index in [-0.39, 0.29) is 30.3 Å². The van der Waals surface area contributed by atoms with E-state index in [2.05, 4.69) is 137 Å². The summed E-state index contributed by atoms with van der Waals surface area (Å²) in [6.45, 7) is 16.4. The predicted molar refractivity (Wildman–Crippen MR) is 243 cm³/mol. The number of carbonyl (C=O) groups excluding carboxylic acids is 2. The molecule has 61 heavy (non-hydrogen) atoms. The van der Waals surface area contributed by atoms with Crippen LogP contribution in [-0.4, -0.2) is 32.9 Å². The second-order valence-corrected chi connectivity index (χ2v) is 15.9. The van der Waals surface area contributed by atoms with E-state index in [1.165, 1.54) is 84.8 Å². The minimum Gasteiger partial charge on any atom is -0.696 e. The van der Waals surface area contributed by atoms with Crippen LogP contribution in [0, 0.1) is 21.3 Å². The van der Waals surface area contributed by atoms with Gasteiger partial charge in [0.2, 0.25) is 0 Å². The normalized spacial score (nSPS) is 10.2. The molecule has 11 nitrogen and oxygen atoms in total. The molecule has 322 valence electrons. The number of aromatic nitrogens is 4. The summed E-state index contributed by atoms with van der Waals surface area (Å²) in [5.74, 6) is 2.53. The third-order valence-electron chi connectivity index (χ3n) is 9.04. The van der Waals surface area contributed by atoms with Gasteiger partial charge in [0.25, 0.3) is 12.9 Å². The van der Waals surface area contributed by atoms with Crippen LogP contribution >= 0.6 is 0 Å². The van der Waals surface area contributed by atoms with Crippen LogP contribution in [0.4, 0.5) is 17.3 Å². The average Bonchev–Trinajstić information content (AvgIpc) is 3.22. The molecule has 0 fully saturated rings. The number of benzene rings is 1. The zero-order valence-corrected chi connectivity index (χ0v) is 39.4. The van der Waals surface area contributed by atoms with Crippen molar-refractivity contribution in [2.45, 2.75) is 111 Å². The number of nitrogens with zero attached hydrogens (tertiary/aromatic N) is 7. The van der Waals surface area contributed by atoms with Crippen molar-refractivity contribution in [3.63, 3.8) is 0 Å². The van der Waals surface area contributed by atoms with Crippen molar-refractivity contribution in [1.82, 2.24) is 19.9 Å². The van der Waals surface area contributed by atoms with E-state index < -0.39 is 0 Å². The van der Waals surface area contributed by atoms with E-state index >= 15 is 0 Å². The Bertz CT molecular complexity index is 2010. The van der Waals surface area contributed by atoms with Gasteiger partial charge in [0.05, 0.1) is 11.4 Å². The van der Waals surface area contributed by atoms with Crippen molar-refractivity contribution in [3.8, 4) is 33.7 Å². The molecule has 5 aromatic rings. The van der Waals surface area contributed by atoms with Gasteiger partial charge >= 0.3 is 19.5 Å². The van der Waals surface area contributed by atoms with Crippen molar-refractivity contribution in [2.24, 2.45) is 0 Å². The molecule has 0 spiro atoms. The van der Waals surface area contributed by atoms with Crippen molar-refractivity contribution in [3.05, 3.63) is 114 Å². The first kappa shape index (κ1) is 53.6. The Morgan fingerprint density at radius 2 is 1.00 bits per heavy atom. The second-order valence-electron chi connectivity index (χ2n) is 15.5. The SMILES string of the molecule is CCCCCCCCCc1ccc(N(c2cc(C(C)(C)C)ccn2)c2cc(C(C)(C)C)ccn2)cc1.N#C[S-].N#C[S-].O=COc1ccnc(-c2cc(OC=O)ccn2)c1.[Ru+2]. The molecule has 4 heterocycles. The Labute approximate surface area is 386 Å². The van der Waals surface area contributed by atoms with Gasteiger partial charge in [-0.1, -0.05) is 110 Å². The van der Waals surface area contributed by atoms with E-state index in [9.17, 15) is 9.59 Å². The van der Waals surface area contributed by atoms with Crippen LogP contribution in [0.25, 0.3) is 11.4 Å². The maximum Gasteiger partial charge on any atom is 2.00 e. The number of hydrogen-bond donors (Lipinski definition) is 0. The molecule has 0 unspecified atom stereocenters. The summed E-state index contributed by atoms with van der Waals surface area (Å²) >= 11 is 7.40. The van der Waals surface area contributed by atoms with E-state index in [4.69, 9.17) is 30.0 Å². The molecule has 0 bridgehead atoms. The number of pyridine rings is 4. The number of ether oxygens (including phenoxy) is 2. The third-order valence-corrected chi connectivity index (χ3v) is 9.04. The number of nitriles is 2. The predicted octanol–water partition coefficient (Wildman–Crippen LogP) is 11.1. The largest absolute Gasteiger partial charge is 2.00 e. The minimum atomic E-state index is 0. The molecule has 0 aliphatic carbocycles. The Balaban J connectivity index is 0.000000619. The fourth-order valence-corrected chi connectivity index (χ4v) is 5.85. The van der Waals surface area contributed by atoms with Crippen LogP contribution in [-0.2, 0) is 71.6 Å². The molecule has 0 saturated heterocycles. The first-order valence-corrected chi connectivity index (χ1v) is 20.6. The molecule has 0 aliphatic rings. The Morgan fingerprint density at radius 1 is 0.607 bits per heavy atom. The maximum absolute atomic E-state index is 10.2. The maximum atomic E-state index is 10.2. The molecule has 0 aliphatic heterocycles. The third kappa shape index (κ3) is 19.7. The van der Waals surface area contributed by atoms with Gasteiger partial charge in [0.1, 0.15) is 23.1 Å². The molecule has 5 rings (SSSR count). The monoisotopic (exact) mass is 947 g/mol.